The fourth-order valence-corrected chi connectivity index (χ4v) is 2.05. The Morgan fingerprint density at radius 2 is 2.33 bits per heavy atom. The van der Waals surface area contributed by atoms with Gasteiger partial charge in [0.15, 0.2) is 0 Å². The van der Waals surface area contributed by atoms with Crippen LogP contribution in [0.25, 0.3) is 0 Å². The standard InChI is InChI=1S/C9H14O3/c10-6-9(3-5-11-7-9)8-2-1-4-12-8/h6,8H,1-5,7H2. The summed E-state index contributed by atoms with van der Waals surface area (Å²) in [4.78, 5) is 11.0. The summed E-state index contributed by atoms with van der Waals surface area (Å²) in [6.07, 6.45) is 4.09. The summed E-state index contributed by atoms with van der Waals surface area (Å²) in [5.41, 5.74) is -0.309. The monoisotopic (exact) mass is 170 g/mol. The molecule has 0 radical (unpaired) electrons. The zero-order valence-electron chi connectivity index (χ0n) is 7.12. The lowest BCUT2D eigenvalue weighted by Gasteiger charge is -2.26. The van der Waals surface area contributed by atoms with Crippen LogP contribution in [0.15, 0.2) is 0 Å². The molecule has 2 fully saturated rings. The van der Waals surface area contributed by atoms with Crippen molar-refractivity contribution in [3.63, 3.8) is 0 Å². The van der Waals surface area contributed by atoms with E-state index in [0.29, 0.717) is 13.2 Å². The second-order valence-corrected chi connectivity index (χ2v) is 3.66. The van der Waals surface area contributed by atoms with Crippen LogP contribution in [-0.2, 0) is 14.3 Å². The Labute approximate surface area is 72.0 Å². The van der Waals surface area contributed by atoms with Crippen molar-refractivity contribution < 1.29 is 14.3 Å². The van der Waals surface area contributed by atoms with E-state index >= 15 is 0 Å². The number of carbonyl (C=O) groups excluding carboxylic acids is 1. The largest absolute Gasteiger partial charge is 0.380 e. The molecule has 2 unspecified atom stereocenters. The highest BCUT2D eigenvalue weighted by molar-refractivity contribution is 5.61. The van der Waals surface area contributed by atoms with Crippen LogP contribution in [0.5, 0.6) is 0 Å². The molecular weight excluding hydrogens is 156 g/mol. The van der Waals surface area contributed by atoms with Gasteiger partial charge in [-0.3, -0.25) is 0 Å². The molecule has 3 nitrogen and oxygen atoms in total. The Balaban J connectivity index is 2.09. The van der Waals surface area contributed by atoms with E-state index < -0.39 is 0 Å². The molecule has 3 heteroatoms. The molecule has 0 aromatic carbocycles. The average molecular weight is 170 g/mol. The Morgan fingerprint density at radius 3 is 2.83 bits per heavy atom. The van der Waals surface area contributed by atoms with Crippen LogP contribution >= 0.6 is 0 Å². The molecule has 0 bridgehead atoms. The Morgan fingerprint density at radius 1 is 1.42 bits per heavy atom. The SMILES string of the molecule is O=CC1(C2CCCO2)CCOC1. The lowest BCUT2D eigenvalue weighted by atomic mass is 9.82. The van der Waals surface area contributed by atoms with Gasteiger partial charge in [-0.2, -0.15) is 0 Å². The third-order valence-corrected chi connectivity index (χ3v) is 2.89. The summed E-state index contributed by atoms with van der Waals surface area (Å²) >= 11 is 0. The number of hydrogen-bond acceptors (Lipinski definition) is 3. The number of rotatable bonds is 2. The fourth-order valence-electron chi connectivity index (χ4n) is 2.05. The van der Waals surface area contributed by atoms with Crippen molar-refractivity contribution in [1.82, 2.24) is 0 Å². The highest BCUT2D eigenvalue weighted by Crippen LogP contribution is 2.36. The van der Waals surface area contributed by atoms with Crippen molar-refractivity contribution in [3.05, 3.63) is 0 Å². The molecule has 0 aromatic heterocycles. The summed E-state index contributed by atoms with van der Waals surface area (Å²) in [6, 6.07) is 0. The molecule has 0 amide bonds. The van der Waals surface area contributed by atoms with Crippen molar-refractivity contribution in [2.45, 2.75) is 25.4 Å². The molecular formula is C9H14O3. The first-order valence-electron chi connectivity index (χ1n) is 4.53. The van der Waals surface area contributed by atoms with Crippen LogP contribution in [0, 0.1) is 5.41 Å². The van der Waals surface area contributed by atoms with E-state index in [1.807, 2.05) is 0 Å². The summed E-state index contributed by atoms with van der Waals surface area (Å²) in [5.74, 6) is 0. The first kappa shape index (κ1) is 8.20. The van der Waals surface area contributed by atoms with E-state index in [2.05, 4.69) is 0 Å². The van der Waals surface area contributed by atoms with Crippen molar-refractivity contribution in [3.8, 4) is 0 Å². The van der Waals surface area contributed by atoms with Crippen LogP contribution in [0.3, 0.4) is 0 Å². The van der Waals surface area contributed by atoms with Crippen molar-refractivity contribution >= 4 is 6.29 Å². The topological polar surface area (TPSA) is 35.5 Å². The van der Waals surface area contributed by atoms with Crippen LogP contribution in [0.1, 0.15) is 19.3 Å². The predicted octanol–water partition coefficient (Wildman–Crippen LogP) is 0.771. The third-order valence-electron chi connectivity index (χ3n) is 2.89. The van der Waals surface area contributed by atoms with E-state index in [0.717, 1.165) is 32.2 Å². The van der Waals surface area contributed by atoms with E-state index in [-0.39, 0.29) is 11.5 Å². The lowest BCUT2D eigenvalue weighted by Crippen LogP contribution is -2.36. The van der Waals surface area contributed by atoms with Gasteiger partial charge in [0.2, 0.25) is 0 Å². The maximum atomic E-state index is 11.0. The van der Waals surface area contributed by atoms with Crippen LogP contribution in [0.2, 0.25) is 0 Å². The Kier molecular flexibility index (Phi) is 2.15. The molecule has 2 saturated heterocycles. The molecule has 2 aliphatic rings. The van der Waals surface area contributed by atoms with E-state index in [4.69, 9.17) is 9.47 Å². The maximum absolute atomic E-state index is 11.0. The molecule has 68 valence electrons. The van der Waals surface area contributed by atoms with Crippen LogP contribution in [-0.4, -0.2) is 32.2 Å². The van der Waals surface area contributed by atoms with E-state index in [9.17, 15) is 4.79 Å². The molecule has 12 heavy (non-hydrogen) atoms. The molecule has 0 saturated carbocycles. The molecule has 2 heterocycles. The van der Waals surface area contributed by atoms with E-state index in [1.54, 1.807) is 0 Å². The van der Waals surface area contributed by atoms with Gasteiger partial charge >= 0.3 is 0 Å². The van der Waals surface area contributed by atoms with Crippen molar-refractivity contribution in [2.24, 2.45) is 5.41 Å². The van der Waals surface area contributed by atoms with Crippen molar-refractivity contribution in [1.29, 1.82) is 0 Å². The molecule has 0 aromatic rings. The summed E-state index contributed by atoms with van der Waals surface area (Å²) in [6.45, 7) is 2.07. The molecule has 2 aliphatic heterocycles. The van der Waals surface area contributed by atoms with Gasteiger partial charge in [-0.15, -0.1) is 0 Å². The van der Waals surface area contributed by atoms with Crippen LogP contribution in [0.4, 0.5) is 0 Å². The predicted molar refractivity (Wildman–Crippen MR) is 42.9 cm³/mol. The summed E-state index contributed by atoms with van der Waals surface area (Å²) in [7, 11) is 0. The normalized spacial score (nSPS) is 41.8. The number of hydrogen-bond donors (Lipinski definition) is 0. The second kappa shape index (κ2) is 3.15. The van der Waals surface area contributed by atoms with Gasteiger partial charge < -0.3 is 14.3 Å². The minimum atomic E-state index is -0.309. The minimum Gasteiger partial charge on any atom is -0.380 e. The van der Waals surface area contributed by atoms with Gasteiger partial charge in [-0.05, 0) is 19.3 Å². The number of carbonyl (C=O) groups is 1. The average Bonchev–Trinajstić information content (AvgIpc) is 2.76. The maximum Gasteiger partial charge on any atom is 0.131 e. The molecule has 0 spiro atoms. The van der Waals surface area contributed by atoms with Crippen LogP contribution < -0.4 is 0 Å². The molecule has 2 atom stereocenters. The van der Waals surface area contributed by atoms with Gasteiger partial charge in [-0.1, -0.05) is 0 Å². The smallest absolute Gasteiger partial charge is 0.131 e. The lowest BCUT2D eigenvalue weighted by molar-refractivity contribution is -0.123. The zero-order chi connectivity index (χ0) is 8.44. The molecule has 0 aliphatic carbocycles. The van der Waals surface area contributed by atoms with Gasteiger partial charge in [0, 0.05) is 13.2 Å². The third kappa shape index (κ3) is 1.17. The second-order valence-electron chi connectivity index (χ2n) is 3.66. The number of aldehydes is 1. The minimum absolute atomic E-state index is 0.123. The fraction of sp³-hybridized carbons (Fsp3) is 0.889. The van der Waals surface area contributed by atoms with Gasteiger partial charge in [0.05, 0.1) is 18.1 Å². The van der Waals surface area contributed by atoms with E-state index in [1.165, 1.54) is 0 Å². The summed E-state index contributed by atoms with van der Waals surface area (Å²) in [5, 5.41) is 0. The zero-order valence-corrected chi connectivity index (χ0v) is 7.12. The Bertz CT molecular complexity index is 167. The number of ether oxygens (including phenoxy) is 2. The van der Waals surface area contributed by atoms with Gasteiger partial charge in [-0.25, -0.2) is 0 Å². The Hall–Kier alpha value is -0.410. The highest BCUT2D eigenvalue weighted by atomic mass is 16.5. The molecule has 2 rings (SSSR count). The van der Waals surface area contributed by atoms with Crippen molar-refractivity contribution in [2.75, 3.05) is 19.8 Å². The summed E-state index contributed by atoms with van der Waals surface area (Å²) < 4.78 is 10.8. The highest BCUT2D eigenvalue weighted by Gasteiger charge is 2.44. The first-order chi connectivity index (χ1) is 5.87. The van der Waals surface area contributed by atoms with Gasteiger partial charge in [0.1, 0.15) is 6.29 Å². The quantitative estimate of drug-likeness (QED) is 0.574. The first-order valence-corrected chi connectivity index (χ1v) is 4.53. The van der Waals surface area contributed by atoms with Gasteiger partial charge in [0.25, 0.3) is 0 Å². The molecule has 0 N–H and O–H groups in total.